The number of aryl methyl sites for hydroxylation is 1. The maximum Gasteiger partial charge on any atom is 0.194 e. The molecule has 1 aliphatic rings. The molecule has 0 heterocycles. The molecule has 0 bridgehead atoms. The van der Waals surface area contributed by atoms with Crippen molar-refractivity contribution in [2.75, 3.05) is 7.11 Å². The van der Waals surface area contributed by atoms with E-state index in [1.807, 2.05) is 6.92 Å². The zero-order chi connectivity index (χ0) is 13.8. The number of ketones is 1. The number of ether oxygens (including phenoxy) is 1. The maximum atomic E-state index is 13.8. The van der Waals surface area contributed by atoms with Crippen molar-refractivity contribution in [2.24, 2.45) is 5.92 Å². The van der Waals surface area contributed by atoms with Gasteiger partial charge in [0, 0.05) is 7.11 Å². The molecule has 0 amide bonds. The molecule has 0 spiro atoms. The van der Waals surface area contributed by atoms with E-state index in [1.165, 1.54) is 12.5 Å². The molecule has 1 fully saturated rings. The summed E-state index contributed by atoms with van der Waals surface area (Å²) < 4.78 is 19.2. The summed E-state index contributed by atoms with van der Waals surface area (Å²) in [7, 11) is 1.55. The number of carbonyl (C=O) groups excluding carboxylic acids is 1. The minimum Gasteiger partial charge on any atom is -0.373 e. The Balaban J connectivity index is 2.22. The van der Waals surface area contributed by atoms with Crippen LogP contribution in [-0.4, -0.2) is 19.0 Å². The number of hydrogen-bond acceptors (Lipinski definition) is 2. The van der Waals surface area contributed by atoms with Gasteiger partial charge in [0.05, 0.1) is 5.56 Å². The van der Waals surface area contributed by atoms with E-state index in [0.29, 0.717) is 0 Å². The molecule has 19 heavy (non-hydrogen) atoms. The van der Waals surface area contributed by atoms with E-state index in [9.17, 15) is 9.18 Å². The highest BCUT2D eigenvalue weighted by atomic mass is 19.1. The van der Waals surface area contributed by atoms with Gasteiger partial charge in [-0.2, -0.15) is 0 Å². The van der Waals surface area contributed by atoms with Gasteiger partial charge >= 0.3 is 0 Å². The first-order chi connectivity index (χ1) is 9.13. The van der Waals surface area contributed by atoms with E-state index >= 15 is 0 Å². The molecule has 1 aromatic rings. The zero-order valence-corrected chi connectivity index (χ0v) is 11.6. The molecule has 104 valence electrons. The molecule has 2 rings (SSSR count). The van der Waals surface area contributed by atoms with Crippen LogP contribution in [0.5, 0.6) is 0 Å². The Labute approximate surface area is 114 Å². The standard InChI is InChI=1S/C16H21FO2/c1-11-8-9-14(17)13(10-11)15(18)16(19-2)12-6-4-3-5-7-12/h8-10,12,16H,3-7H2,1-2H3. The average Bonchev–Trinajstić information content (AvgIpc) is 2.43. The molecular weight excluding hydrogens is 243 g/mol. The van der Waals surface area contributed by atoms with Crippen LogP contribution in [0.25, 0.3) is 0 Å². The van der Waals surface area contributed by atoms with Gasteiger partial charge in [-0.25, -0.2) is 4.39 Å². The summed E-state index contributed by atoms with van der Waals surface area (Å²) in [5.74, 6) is -0.435. The number of methoxy groups -OCH3 is 1. The molecule has 3 heteroatoms. The minimum atomic E-state index is -0.503. The lowest BCUT2D eigenvalue weighted by Gasteiger charge is -2.28. The molecule has 0 aliphatic heterocycles. The number of Topliss-reactive ketones (excluding diaryl/α,β-unsaturated/α-hetero) is 1. The largest absolute Gasteiger partial charge is 0.373 e. The van der Waals surface area contributed by atoms with Crippen LogP contribution in [0.2, 0.25) is 0 Å². The molecule has 1 saturated carbocycles. The highest BCUT2D eigenvalue weighted by Gasteiger charge is 2.31. The highest BCUT2D eigenvalue weighted by Crippen LogP contribution is 2.30. The Morgan fingerprint density at radius 3 is 2.63 bits per heavy atom. The Kier molecular flexibility index (Phi) is 4.70. The van der Waals surface area contributed by atoms with Crippen LogP contribution in [0.3, 0.4) is 0 Å². The van der Waals surface area contributed by atoms with E-state index in [-0.39, 0.29) is 17.3 Å². The second-order valence-electron chi connectivity index (χ2n) is 5.40. The molecule has 0 saturated heterocycles. The van der Waals surface area contributed by atoms with E-state index in [1.54, 1.807) is 19.2 Å². The molecule has 2 nitrogen and oxygen atoms in total. The molecule has 1 aliphatic carbocycles. The first kappa shape index (κ1) is 14.2. The normalized spacial score (nSPS) is 18.3. The van der Waals surface area contributed by atoms with Crippen molar-refractivity contribution >= 4 is 5.78 Å². The summed E-state index contributed by atoms with van der Waals surface area (Å²) in [5, 5.41) is 0. The Bertz CT molecular complexity index is 450. The van der Waals surface area contributed by atoms with Crippen molar-refractivity contribution in [1.29, 1.82) is 0 Å². The second kappa shape index (κ2) is 6.29. The van der Waals surface area contributed by atoms with E-state index in [0.717, 1.165) is 31.2 Å². The first-order valence-electron chi connectivity index (χ1n) is 6.96. The SMILES string of the molecule is COC(C(=O)c1cc(C)ccc1F)C1CCCCC1. The quantitative estimate of drug-likeness (QED) is 0.771. The van der Waals surface area contributed by atoms with Gasteiger partial charge in [0.25, 0.3) is 0 Å². The van der Waals surface area contributed by atoms with Crippen molar-refractivity contribution in [3.05, 3.63) is 35.1 Å². The lowest BCUT2D eigenvalue weighted by molar-refractivity contribution is 0.0311. The van der Waals surface area contributed by atoms with Gasteiger partial charge < -0.3 is 4.74 Å². The van der Waals surface area contributed by atoms with E-state index in [2.05, 4.69) is 0 Å². The van der Waals surface area contributed by atoms with Crippen LogP contribution < -0.4 is 0 Å². The van der Waals surface area contributed by atoms with Gasteiger partial charge in [-0.05, 0) is 37.8 Å². The number of halogens is 1. The van der Waals surface area contributed by atoms with Crippen LogP contribution >= 0.6 is 0 Å². The molecule has 1 unspecified atom stereocenters. The molecular formula is C16H21FO2. The predicted octanol–water partition coefficient (Wildman–Crippen LogP) is 3.91. The number of hydrogen-bond donors (Lipinski definition) is 0. The Morgan fingerprint density at radius 1 is 1.32 bits per heavy atom. The summed E-state index contributed by atoms with van der Waals surface area (Å²) in [4.78, 5) is 12.5. The van der Waals surface area contributed by atoms with Gasteiger partial charge in [-0.3, -0.25) is 4.79 Å². The fourth-order valence-corrected chi connectivity index (χ4v) is 2.93. The van der Waals surface area contributed by atoms with E-state index < -0.39 is 11.9 Å². The molecule has 0 aromatic heterocycles. The van der Waals surface area contributed by atoms with Gasteiger partial charge in [0.1, 0.15) is 11.9 Å². The summed E-state index contributed by atoms with van der Waals surface area (Å²) in [6, 6.07) is 4.65. The Morgan fingerprint density at radius 2 is 2.00 bits per heavy atom. The average molecular weight is 264 g/mol. The summed E-state index contributed by atoms with van der Waals surface area (Å²) in [6.45, 7) is 1.86. The summed E-state index contributed by atoms with van der Waals surface area (Å²) >= 11 is 0. The monoisotopic (exact) mass is 264 g/mol. The first-order valence-corrected chi connectivity index (χ1v) is 6.96. The molecule has 0 N–H and O–H groups in total. The van der Waals surface area contributed by atoms with Crippen LogP contribution in [0.4, 0.5) is 4.39 Å². The maximum absolute atomic E-state index is 13.8. The third kappa shape index (κ3) is 3.21. The van der Waals surface area contributed by atoms with Crippen LogP contribution in [0.1, 0.15) is 48.0 Å². The third-order valence-corrected chi connectivity index (χ3v) is 3.98. The fraction of sp³-hybridized carbons (Fsp3) is 0.562. The van der Waals surface area contributed by atoms with Crippen molar-refractivity contribution in [3.8, 4) is 0 Å². The summed E-state index contributed by atoms with van der Waals surface area (Å²) in [6.07, 6.45) is 4.98. The van der Waals surface area contributed by atoms with Gasteiger partial charge in [-0.15, -0.1) is 0 Å². The van der Waals surface area contributed by atoms with Crippen molar-refractivity contribution in [2.45, 2.75) is 45.1 Å². The minimum absolute atomic E-state index is 0.164. The van der Waals surface area contributed by atoms with E-state index in [4.69, 9.17) is 4.74 Å². The number of rotatable bonds is 4. The predicted molar refractivity (Wildman–Crippen MR) is 72.8 cm³/mol. The fourth-order valence-electron chi connectivity index (χ4n) is 2.93. The zero-order valence-electron chi connectivity index (χ0n) is 11.6. The smallest absolute Gasteiger partial charge is 0.194 e. The highest BCUT2D eigenvalue weighted by molar-refractivity contribution is 6.00. The second-order valence-corrected chi connectivity index (χ2v) is 5.40. The topological polar surface area (TPSA) is 26.3 Å². The van der Waals surface area contributed by atoms with Crippen LogP contribution in [-0.2, 0) is 4.74 Å². The number of carbonyl (C=O) groups is 1. The van der Waals surface area contributed by atoms with Crippen molar-refractivity contribution in [1.82, 2.24) is 0 Å². The Hall–Kier alpha value is -1.22. The van der Waals surface area contributed by atoms with Gasteiger partial charge in [0.2, 0.25) is 0 Å². The van der Waals surface area contributed by atoms with Gasteiger partial charge in [0.15, 0.2) is 5.78 Å². The molecule has 1 atom stereocenters. The summed E-state index contributed by atoms with van der Waals surface area (Å²) in [5.41, 5.74) is 1.06. The molecule has 1 aromatic carbocycles. The van der Waals surface area contributed by atoms with Crippen LogP contribution in [0, 0.1) is 18.7 Å². The van der Waals surface area contributed by atoms with Crippen molar-refractivity contribution in [3.63, 3.8) is 0 Å². The lowest BCUT2D eigenvalue weighted by Crippen LogP contribution is -2.33. The van der Waals surface area contributed by atoms with Crippen molar-refractivity contribution < 1.29 is 13.9 Å². The molecule has 0 radical (unpaired) electrons. The van der Waals surface area contributed by atoms with Gasteiger partial charge in [-0.1, -0.05) is 30.9 Å². The van der Waals surface area contributed by atoms with Crippen LogP contribution in [0.15, 0.2) is 18.2 Å². The lowest BCUT2D eigenvalue weighted by atomic mass is 9.82. The third-order valence-electron chi connectivity index (χ3n) is 3.98. The number of benzene rings is 1.